The van der Waals surface area contributed by atoms with E-state index in [1.165, 1.54) is 19.3 Å². The van der Waals surface area contributed by atoms with Crippen LogP contribution >= 0.6 is 0 Å². The van der Waals surface area contributed by atoms with E-state index in [9.17, 15) is 9.59 Å². The van der Waals surface area contributed by atoms with Gasteiger partial charge in [0.2, 0.25) is 11.8 Å². The van der Waals surface area contributed by atoms with E-state index in [4.69, 9.17) is 10.5 Å². The van der Waals surface area contributed by atoms with Crippen molar-refractivity contribution in [2.45, 2.75) is 70.4 Å². The van der Waals surface area contributed by atoms with Crippen LogP contribution < -0.4 is 15.8 Å². The van der Waals surface area contributed by atoms with Crippen molar-refractivity contribution in [1.82, 2.24) is 10.2 Å². The number of benzene rings is 2. The van der Waals surface area contributed by atoms with Crippen LogP contribution in [0.5, 0.6) is 5.75 Å². The minimum atomic E-state index is -0.511. The first-order valence-electron chi connectivity index (χ1n) is 13.0. The Hall–Kier alpha value is -2.86. The molecule has 1 saturated carbocycles. The van der Waals surface area contributed by atoms with Crippen molar-refractivity contribution in [2.75, 3.05) is 20.2 Å². The number of carbonyl (C=O) groups excluding carboxylic acids is 2. The maximum atomic E-state index is 13.7. The fraction of sp³-hybridized carbons (Fsp3) is 0.517. The van der Waals surface area contributed by atoms with Gasteiger partial charge < -0.3 is 20.7 Å². The lowest BCUT2D eigenvalue weighted by Gasteiger charge is -2.42. The van der Waals surface area contributed by atoms with Gasteiger partial charge in [0.15, 0.2) is 0 Å². The van der Waals surface area contributed by atoms with Crippen molar-refractivity contribution < 1.29 is 14.3 Å². The first kappa shape index (κ1) is 25.2. The van der Waals surface area contributed by atoms with Gasteiger partial charge in [-0.25, -0.2) is 0 Å². The monoisotopic (exact) mass is 477 g/mol. The zero-order valence-electron chi connectivity index (χ0n) is 21.1. The number of rotatable bonds is 7. The Balaban J connectivity index is 1.52. The van der Waals surface area contributed by atoms with Crippen LogP contribution in [0.2, 0.25) is 0 Å². The highest BCUT2D eigenvalue weighted by Crippen LogP contribution is 2.37. The molecule has 1 aliphatic carbocycles. The summed E-state index contributed by atoms with van der Waals surface area (Å²) in [5.74, 6) is 0.945. The predicted molar refractivity (Wildman–Crippen MR) is 139 cm³/mol. The van der Waals surface area contributed by atoms with Gasteiger partial charge in [-0.2, -0.15) is 0 Å². The third kappa shape index (κ3) is 6.04. The molecule has 188 valence electrons. The normalized spacial score (nSPS) is 19.1. The molecule has 6 nitrogen and oxygen atoms in total. The molecule has 2 aromatic carbocycles. The lowest BCUT2D eigenvalue weighted by Crippen LogP contribution is -2.55. The van der Waals surface area contributed by atoms with Crippen LogP contribution in [0, 0.1) is 5.41 Å². The summed E-state index contributed by atoms with van der Waals surface area (Å²) in [7, 11) is 1.67. The molecule has 2 aromatic rings. The van der Waals surface area contributed by atoms with Crippen molar-refractivity contribution >= 4 is 11.8 Å². The second kappa shape index (κ2) is 11.3. The number of hydrogen-bond acceptors (Lipinski definition) is 4. The number of nitrogens with one attached hydrogen (secondary N) is 1. The summed E-state index contributed by atoms with van der Waals surface area (Å²) in [6.07, 6.45) is 7.72. The fourth-order valence-electron chi connectivity index (χ4n) is 5.52. The Morgan fingerprint density at radius 3 is 2.37 bits per heavy atom. The largest absolute Gasteiger partial charge is 0.497 e. The molecule has 1 aliphatic heterocycles. The summed E-state index contributed by atoms with van der Waals surface area (Å²) in [5.41, 5.74) is 8.69. The summed E-state index contributed by atoms with van der Waals surface area (Å²) in [4.78, 5) is 28.0. The van der Waals surface area contributed by atoms with Gasteiger partial charge in [-0.15, -0.1) is 0 Å². The van der Waals surface area contributed by atoms with Crippen LogP contribution in [0.3, 0.4) is 0 Å². The first-order valence-corrected chi connectivity index (χ1v) is 13.0. The van der Waals surface area contributed by atoms with Crippen LogP contribution in [-0.2, 0) is 16.0 Å². The Morgan fingerprint density at radius 1 is 1.06 bits per heavy atom. The van der Waals surface area contributed by atoms with E-state index in [2.05, 4.69) is 35.6 Å². The minimum absolute atomic E-state index is 0.0334. The minimum Gasteiger partial charge on any atom is -0.497 e. The molecular weight excluding hydrogens is 438 g/mol. The van der Waals surface area contributed by atoms with Gasteiger partial charge >= 0.3 is 0 Å². The second-order valence-corrected chi connectivity index (χ2v) is 10.3. The number of nitrogens with two attached hydrogens (primary N) is 1. The van der Waals surface area contributed by atoms with Crippen molar-refractivity contribution in [2.24, 2.45) is 11.1 Å². The average molecular weight is 478 g/mol. The summed E-state index contributed by atoms with van der Waals surface area (Å²) in [5, 5.41) is 3.39. The van der Waals surface area contributed by atoms with Crippen molar-refractivity contribution in [3.05, 3.63) is 54.1 Å². The molecule has 1 atom stereocenters. The van der Waals surface area contributed by atoms with Gasteiger partial charge in [0.25, 0.3) is 0 Å². The van der Waals surface area contributed by atoms with E-state index >= 15 is 0 Å². The molecule has 1 heterocycles. The van der Waals surface area contributed by atoms with Gasteiger partial charge in [-0.05, 0) is 67.9 Å². The number of likely N-dealkylation sites (tertiary alicyclic amines) is 1. The van der Waals surface area contributed by atoms with Gasteiger partial charge in [0, 0.05) is 19.1 Å². The van der Waals surface area contributed by atoms with E-state index in [1.807, 2.05) is 23.1 Å². The molecule has 1 unspecified atom stereocenters. The number of hydrogen-bond donors (Lipinski definition) is 2. The number of amides is 2. The molecule has 4 rings (SSSR count). The van der Waals surface area contributed by atoms with E-state index in [0.717, 1.165) is 35.3 Å². The van der Waals surface area contributed by atoms with Crippen LogP contribution in [-0.4, -0.2) is 49.0 Å². The summed E-state index contributed by atoms with van der Waals surface area (Å²) >= 11 is 0. The quantitative estimate of drug-likeness (QED) is 0.622. The molecule has 0 bridgehead atoms. The van der Waals surface area contributed by atoms with E-state index in [-0.39, 0.29) is 17.9 Å². The predicted octanol–water partition coefficient (Wildman–Crippen LogP) is 4.31. The molecule has 6 heteroatoms. The lowest BCUT2D eigenvalue weighted by atomic mass is 9.72. The standard InChI is InChI=1S/C29H39N3O3/c1-21(30)27(33)32-17-15-29(16-18-32,28(34)31-25-8-4-3-5-9-25)20-22-11-13-23(14-12-22)24-7-6-10-26(19-24)35-2/h6-7,10-14,19,21,25H,3-5,8-9,15-18,20,30H2,1-2H3,(H,31,34). The highest BCUT2D eigenvalue weighted by molar-refractivity contribution is 5.85. The number of methoxy groups -OCH3 is 1. The Kier molecular flexibility index (Phi) is 8.11. The SMILES string of the molecule is COc1cccc(-c2ccc(CC3(C(=O)NC4CCCCC4)CCN(C(=O)C(C)N)CC3)cc2)c1. The number of nitrogens with zero attached hydrogens (tertiary/aromatic N) is 1. The Bertz CT molecular complexity index is 1000. The maximum absolute atomic E-state index is 13.7. The van der Waals surface area contributed by atoms with Crippen molar-refractivity contribution in [1.29, 1.82) is 0 Å². The molecule has 0 aromatic heterocycles. The summed E-state index contributed by atoms with van der Waals surface area (Å²) in [6, 6.07) is 16.3. The fourth-order valence-corrected chi connectivity index (χ4v) is 5.52. The summed E-state index contributed by atoms with van der Waals surface area (Å²) < 4.78 is 5.36. The zero-order chi connectivity index (χ0) is 24.8. The zero-order valence-corrected chi connectivity index (χ0v) is 21.1. The van der Waals surface area contributed by atoms with Gasteiger partial charge in [-0.3, -0.25) is 9.59 Å². The first-order chi connectivity index (χ1) is 16.9. The molecule has 0 radical (unpaired) electrons. The number of carbonyl (C=O) groups is 2. The van der Waals surface area contributed by atoms with Crippen molar-refractivity contribution in [3.63, 3.8) is 0 Å². The average Bonchev–Trinajstić information content (AvgIpc) is 2.89. The Labute approximate surface area is 209 Å². The molecule has 2 amide bonds. The van der Waals surface area contributed by atoms with Crippen LogP contribution in [0.1, 0.15) is 57.4 Å². The van der Waals surface area contributed by atoms with Crippen LogP contribution in [0.25, 0.3) is 11.1 Å². The van der Waals surface area contributed by atoms with Crippen LogP contribution in [0.4, 0.5) is 0 Å². The van der Waals surface area contributed by atoms with Gasteiger partial charge in [0.1, 0.15) is 5.75 Å². The number of piperidine rings is 1. The smallest absolute Gasteiger partial charge is 0.239 e. The van der Waals surface area contributed by atoms with E-state index < -0.39 is 11.5 Å². The van der Waals surface area contributed by atoms with E-state index in [0.29, 0.717) is 32.4 Å². The molecule has 2 fully saturated rings. The van der Waals surface area contributed by atoms with Gasteiger partial charge in [0.05, 0.1) is 18.6 Å². The summed E-state index contributed by atoms with van der Waals surface area (Å²) in [6.45, 7) is 2.87. The van der Waals surface area contributed by atoms with E-state index in [1.54, 1.807) is 14.0 Å². The third-order valence-electron chi connectivity index (χ3n) is 7.74. The lowest BCUT2D eigenvalue weighted by molar-refractivity contribution is -0.141. The highest BCUT2D eigenvalue weighted by Gasteiger charge is 2.43. The highest BCUT2D eigenvalue weighted by atomic mass is 16.5. The molecule has 0 spiro atoms. The van der Waals surface area contributed by atoms with Crippen LogP contribution in [0.15, 0.2) is 48.5 Å². The maximum Gasteiger partial charge on any atom is 0.239 e. The topological polar surface area (TPSA) is 84.7 Å². The molecule has 2 aliphatic rings. The van der Waals surface area contributed by atoms with Crippen molar-refractivity contribution in [3.8, 4) is 16.9 Å². The molecule has 1 saturated heterocycles. The number of ether oxygens (including phenoxy) is 1. The molecule has 3 N–H and O–H groups in total. The Morgan fingerprint density at radius 2 is 1.74 bits per heavy atom. The third-order valence-corrected chi connectivity index (χ3v) is 7.74. The molecule has 35 heavy (non-hydrogen) atoms. The molecular formula is C29H39N3O3. The van der Waals surface area contributed by atoms with Gasteiger partial charge in [-0.1, -0.05) is 55.7 Å². The second-order valence-electron chi connectivity index (χ2n) is 10.3.